The number of hydrogen-bond donors (Lipinski definition) is 3. The molecule has 0 saturated carbocycles. The van der Waals surface area contributed by atoms with E-state index in [4.69, 9.17) is 4.74 Å². The molecule has 67 heavy (non-hydrogen) atoms. The van der Waals surface area contributed by atoms with Gasteiger partial charge in [0, 0.05) is 53.6 Å². The zero-order chi connectivity index (χ0) is 48.9. The van der Waals surface area contributed by atoms with Gasteiger partial charge in [0.15, 0.2) is 5.78 Å². The SMILES string of the molecule is COC(=O)N[C@H](C(=O)N1CC(F)(F)C[C@H]1C(=O)Cc1ccc2c(c1)cc1n2C(c2cc(F)cc(F)c2)Oc2cc(NC(=O)[C@@H]3CC(F)(F)CN3C(=O)[C@@H](NC(=O)OC)C(C)C)ccc2-1)C(C)C. The molecule has 3 aliphatic heterocycles. The molecule has 4 heterocycles. The van der Waals surface area contributed by atoms with Crippen LogP contribution in [-0.4, -0.2) is 113 Å². The van der Waals surface area contributed by atoms with Crippen LogP contribution >= 0.6 is 0 Å². The number of Topliss-reactive ketones (excluding diaryl/α,β-unsaturated/α-hetero) is 1. The lowest BCUT2D eigenvalue weighted by atomic mass is 9.98. The van der Waals surface area contributed by atoms with E-state index >= 15 is 0 Å². The van der Waals surface area contributed by atoms with Crippen LogP contribution in [-0.2, 0) is 35.1 Å². The summed E-state index contributed by atoms with van der Waals surface area (Å²) in [6, 6.07) is 7.99. The number of methoxy groups -OCH3 is 2. The molecule has 358 valence electrons. The van der Waals surface area contributed by atoms with Crippen molar-refractivity contribution in [3.8, 4) is 17.0 Å². The highest BCUT2D eigenvalue weighted by Crippen LogP contribution is 2.46. The molecule has 5 atom stereocenters. The molecule has 3 aromatic carbocycles. The second-order valence-electron chi connectivity index (χ2n) is 17.6. The third-order valence-corrected chi connectivity index (χ3v) is 12.0. The largest absolute Gasteiger partial charge is 0.465 e. The van der Waals surface area contributed by atoms with E-state index in [1.165, 1.54) is 12.1 Å². The summed E-state index contributed by atoms with van der Waals surface area (Å²) in [7, 11) is 2.16. The summed E-state index contributed by atoms with van der Waals surface area (Å²) < 4.78 is 106. The van der Waals surface area contributed by atoms with Crippen LogP contribution in [0, 0.1) is 23.5 Å². The van der Waals surface area contributed by atoms with Gasteiger partial charge in [0.05, 0.1) is 44.6 Å². The van der Waals surface area contributed by atoms with Crippen molar-refractivity contribution in [1.29, 1.82) is 0 Å². The summed E-state index contributed by atoms with van der Waals surface area (Å²) in [4.78, 5) is 80.2. The number of anilines is 1. The normalized spacial score (nSPS) is 20.1. The van der Waals surface area contributed by atoms with Crippen LogP contribution in [0.25, 0.3) is 22.2 Å². The third kappa shape index (κ3) is 10.00. The zero-order valence-corrected chi connectivity index (χ0v) is 37.1. The average molecular weight is 943 g/mol. The number of nitrogens with zero attached hydrogens (tertiary/aromatic N) is 3. The van der Waals surface area contributed by atoms with E-state index in [0.717, 1.165) is 31.3 Å². The van der Waals surface area contributed by atoms with Crippen molar-refractivity contribution in [2.75, 3.05) is 32.6 Å². The van der Waals surface area contributed by atoms with Gasteiger partial charge in [-0.15, -0.1) is 0 Å². The fraction of sp³-hybridized carbons (Fsp3) is 0.435. The van der Waals surface area contributed by atoms with Gasteiger partial charge in [-0.1, -0.05) is 33.8 Å². The van der Waals surface area contributed by atoms with Crippen molar-refractivity contribution < 1.29 is 69.3 Å². The Morgan fingerprint density at radius 2 is 1.28 bits per heavy atom. The Balaban J connectivity index is 1.19. The Bertz CT molecular complexity index is 2620. The summed E-state index contributed by atoms with van der Waals surface area (Å²) in [6.45, 7) is 4.25. The van der Waals surface area contributed by atoms with Gasteiger partial charge < -0.3 is 44.5 Å². The van der Waals surface area contributed by atoms with Crippen molar-refractivity contribution >= 4 is 52.3 Å². The number of carbonyl (C=O) groups excluding carboxylic acids is 6. The van der Waals surface area contributed by atoms with E-state index in [0.29, 0.717) is 38.7 Å². The van der Waals surface area contributed by atoms with Crippen LogP contribution in [0.4, 0.5) is 41.6 Å². The zero-order valence-electron chi connectivity index (χ0n) is 37.1. The van der Waals surface area contributed by atoms with Gasteiger partial charge >= 0.3 is 12.2 Å². The summed E-state index contributed by atoms with van der Waals surface area (Å²) >= 11 is 0. The standard InChI is InChI=1S/C46H48F6N6O9/c1-22(2)37(54-43(63)65-5)40(61)56-20-45(49,50)18-33(56)35(59)12-24-7-10-31-25(11-24)15-32-30-9-8-29(17-36(30)67-42(58(31)32)26-13-27(47)16-28(48)14-26)53-39(60)34-19-46(51,52)21-57(34)41(62)38(23(3)4)55-44(64)66-6/h7-11,13-17,22-23,33-34,37-38,42H,12,18-21H2,1-6H3,(H,53,60)(H,54,63)(H,55,64)/t33-,34-,37-,38-,42?/m0/s1. The Hall–Kier alpha value is -6.80. The molecule has 7 rings (SSSR count). The Kier molecular flexibility index (Phi) is 13.3. The number of ketones is 1. The molecule has 21 heteroatoms. The monoisotopic (exact) mass is 942 g/mol. The number of ether oxygens (including phenoxy) is 3. The molecule has 3 N–H and O–H groups in total. The maximum atomic E-state index is 14.9. The van der Waals surface area contributed by atoms with Crippen molar-refractivity contribution in [2.24, 2.45) is 11.8 Å². The molecular formula is C46H48F6N6O9. The summed E-state index contributed by atoms with van der Waals surface area (Å²) in [5.41, 5.74) is 1.80. The third-order valence-electron chi connectivity index (χ3n) is 12.0. The van der Waals surface area contributed by atoms with Crippen molar-refractivity contribution in [2.45, 2.75) is 89.2 Å². The highest BCUT2D eigenvalue weighted by atomic mass is 19.3. The number of hydrogen-bond acceptors (Lipinski definition) is 9. The van der Waals surface area contributed by atoms with E-state index in [2.05, 4.69) is 25.4 Å². The first-order valence-electron chi connectivity index (χ1n) is 21.3. The van der Waals surface area contributed by atoms with Crippen LogP contribution in [0.5, 0.6) is 5.75 Å². The number of benzene rings is 3. The minimum Gasteiger partial charge on any atom is -0.465 e. The predicted molar refractivity (Wildman–Crippen MR) is 228 cm³/mol. The molecule has 0 aliphatic carbocycles. The maximum absolute atomic E-state index is 14.9. The number of fused-ring (bicyclic) bond motifs is 5. The first-order valence-corrected chi connectivity index (χ1v) is 21.3. The van der Waals surface area contributed by atoms with Crippen LogP contribution in [0.2, 0.25) is 0 Å². The molecule has 2 saturated heterocycles. The van der Waals surface area contributed by atoms with E-state index in [1.54, 1.807) is 62.6 Å². The average Bonchev–Trinajstić information content (AvgIpc) is 3.92. The lowest BCUT2D eigenvalue weighted by molar-refractivity contribution is -0.140. The molecule has 1 aromatic heterocycles. The number of alkyl carbamates (subject to hydrolysis) is 2. The van der Waals surface area contributed by atoms with E-state index in [1.807, 2.05) is 0 Å². The van der Waals surface area contributed by atoms with Crippen molar-refractivity contribution in [1.82, 2.24) is 25.0 Å². The molecule has 0 radical (unpaired) electrons. The van der Waals surface area contributed by atoms with Crippen LogP contribution < -0.4 is 20.7 Å². The quantitative estimate of drug-likeness (QED) is 0.129. The first-order chi connectivity index (χ1) is 31.5. The van der Waals surface area contributed by atoms with Gasteiger partial charge in [-0.05, 0) is 59.9 Å². The van der Waals surface area contributed by atoms with Gasteiger partial charge in [0.1, 0.15) is 35.5 Å². The number of halogens is 6. The summed E-state index contributed by atoms with van der Waals surface area (Å²) in [5.74, 6) is -13.1. The second kappa shape index (κ2) is 18.5. The minimum atomic E-state index is -3.44. The van der Waals surface area contributed by atoms with Gasteiger partial charge in [-0.2, -0.15) is 0 Å². The number of nitrogens with one attached hydrogen (secondary N) is 3. The highest BCUT2D eigenvalue weighted by Gasteiger charge is 2.53. The topological polar surface area (TPSA) is 178 Å². The lowest BCUT2D eigenvalue weighted by Gasteiger charge is -2.31. The van der Waals surface area contributed by atoms with Gasteiger partial charge in [0.25, 0.3) is 11.8 Å². The molecule has 3 aliphatic rings. The first kappa shape index (κ1) is 48.1. The molecule has 2 fully saturated rings. The van der Waals surface area contributed by atoms with Crippen LogP contribution in [0.15, 0.2) is 60.7 Å². The van der Waals surface area contributed by atoms with Gasteiger partial charge in [0.2, 0.25) is 23.9 Å². The number of amides is 5. The number of aromatic nitrogens is 1. The van der Waals surface area contributed by atoms with Crippen molar-refractivity contribution in [3.63, 3.8) is 0 Å². The molecule has 4 aromatic rings. The molecule has 0 bridgehead atoms. The van der Waals surface area contributed by atoms with Crippen LogP contribution in [0.1, 0.15) is 57.9 Å². The van der Waals surface area contributed by atoms with E-state index in [-0.39, 0.29) is 23.4 Å². The fourth-order valence-corrected chi connectivity index (χ4v) is 8.79. The maximum Gasteiger partial charge on any atom is 0.407 e. The second-order valence-corrected chi connectivity index (χ2v) is 17.6. The predicted octanol–water partition coefficient (Wildman–Crippen LogP) is 6.81. The molecule has 1 unspecified atom stereocenters. The molecular weight excluding hydrogens is 895 g/mol. The summed E-state index contributed by atoms with van der Waals surface area (Å²) in [5, 5.41) is 7.77. The highest BCUT2D eigenvalue weighted by molar-refractivity contribution is 6.00. The van der Waals surface area contributed by atoms with Crippen molar-refractivity contribution in [3.05, 3.63) is 83.4 Å². The van der Waals surface area contributed by atoms with Gasteiger partial charge in [-0.25, -0.2) is 35.9 Å². The number of likely N-dealkylation sites (tertiary alicyclic amines) is 2. The molecule has 5 amide bonds. The summed E-state index contributed by atoms with van der Waals surface area (Å²) in [6.07, 6.45) is -5.46. The smallest absolute Gasteiger partial charge is 0.407 e. The van der Waals surface area contributed by atoms with E-state index < -0.39 is 127 Å². The Morgan fingerprint density at radius 3 is 1.84 bits per heavy atom. The number of carbonyl (C=O) groups is 6. The van der Waals surface area contributed by atoms with Crippen LogP contribution in [0.3, 0.4) is 0 Å². The van der Waals surface area contributed by atoms with Gasteiger partial charge in [-0.3, -0.25) is 19.2 Å². The Morgan fingerprint density at radius 1 is 0.731 bits per heavy atom. The Labute approximate surface area is 380 Å². The lowest BCUT2D eigenvalue weighted by Crippen LogP contribution is -2.54. The molecule has 0 spiro atoms. The fourth-order valence-electron chi connectivity index (χ4n) is 8.79. The molecule has 15 nitrogen and oxygen atoms in total. The minimum absolute atomic E-state index is 0.0338. The number of rotatable bonds is 12. The van der Waals surface area contributed by atoms with E-state index in [9.17, 15) is 55.1 Å². The number of alkyl halides is 4.